The summed E-state index contributed by atoms with van der Waals surface area (Å²) < 4.78 is 30.7. The second-order valence-corrected chi connectivity index (χ2v) is 11.5. The fourth-order valence-electron chi connectivity index (χ4n) is 4.02. The first-order valence-corrected chi connectivity index (χ1v) is 13.7. The molecular formula is C24H29N3O4S2. The van der Waals surface area contributed by atoms with E-state index in [1.807, 2.05) is 32.0 Å². The maximum atomic E-state index is 13.5. The Morgan fingerprint density at radius 3 is 2.64 bits per heavy atom. The van der Waals surface area contributed by atoms with Gasteiger partial charge in [0, 0.05) is 32.4 Å². The van der Waals surface area contributed by atoms with E-state index < -0.39 is 9.84 Å². The van der Waals surface area contributed by atoms with Crippen LogP contribution in [-0.2, 0) is 25.8 Å². The standard InChI is InChI=1S/C24H29N3O4S2/c1-17-7-8-19(18(2)15-17)16-22(28)27(10-9-26-11-13-31-14-12-26)24-25-23-20(32-24)5-4-6-21(23)33(3,29)30/h4-8,15H,9-14,16H2,1-3H3. The minimum Gasteiger partial charge on any atom is -0.379 e. The number of carbonyl (C=O) groups excluding carboxylic acids is 1. The van der Waals surface area contributed by atoms with Crippen LogP contribution < -0.4 is 4.90 Å². The lowest BCUT2D eigenvalue weighted by Crippen LogP contribution is -2.43. The zero-order chi connectivity index (χ0) is 23.6. The SMILES string of the molecule is Cc1ccc(CC(=O)N(CCN2CCOCC2)c2nc3c(S(C)(=O)=O)cccc3s2)c(C)c1. The molecule has 4 rings (SSSR count). The first kappa shape index (κ1) is 23.8. The Labute approximate surface area is 198 Å². The third-order valence-electron chi connectivity index (χ3n) is 5.89. The number of carbonyl (C=O) groups is 1. The zero-order valence-electron chi connectivity index (χ0n) is 19.2. The van der Waals surface area contributed by atoms with Gasteiger partial charge in [0.2, 0.25) is 5.91 Å². The summed E-state index contributed by atoms with van der Waals surface area (Å²) in [5.74, 6) is -0.0461. The Kier molecular flexibility index (Phi) is 7.13. The molecule has 33 heavy (non-hydrogen) atoms. The van der Waals surface area contributed by atoms with Crippen LogP contribution in [0.5, 0.6) is 0 Å². The Balaban J connectivity index is 1.66. The fourth-order valence-corrected chi connectivity index (χ4v) is 5.95. The van der Waals surface area contributed by atoms with Crippen LogP contribution in [0.25, 0.3) is 10.2 Å². The van der Waals surface area contributed by atoms with Gasteiger partial charge in [-0.3, -0.25) is 14.6 Å². The summed E-state index contributed by atoms with van der Waals surface area (Å²) in [7, 11) is -3.43. The number of sulfone groups is 1. The molecule has 0 atom stereocenters. The molecule has 3 aromatic rings. The summed E-state index contributed by atoms with van der Waals surface area (Å²) in [6, 6.07) is 11.2. The van der Waals surface area contributed by atoms with Crippen molar-refractivity contribution in [2.24, 2.45) is 0 Å². The van der Waals surface area contributed by atoms with Crippen molar-refractivity contribution in [3.8, 4) is 0 Å². The van der Waals surface area contributed by atoms with Crippen LogP contribution in [0.3, 0.4) is 0 Å². The lowest BCUT2D eigenvalue weighted by atomic mass is 10.0. The van der Waals surface area contributed by atoms with Gasteiger partial charge in [0.25, 0.3) is 0 Å². The van der Waals surface area contributed by atoms with Crippen molar-refractivity contribution in [1.29, 1.82) is 0 Å². The van der Waals surface area contributed by atoms with Gasteiger partial charge in [-0.05, 0) is 37.1 Å². The first-order valence-electron chi connectivity index (χ1n) is 11.0. The number of aryl methyl sites for hydroxylation is 2. The first-order chi connectivity index (χ1) is 15.7. The molecule has 0 radical (unpaired) electrons. The van der Waals surface area contributed by atoms with E-state index in [9.17, 15) is 13.2 Å². The highest BCUT2D eigenvalue weighted by Gasteiger charge is 2.24. The van der Waals surface area contributed by atoms with E-state index in [-0.39, 0.29) is 17.2 Å². The molecular weight excluding hydrogens is 458 g/mol. The zero-order valence-corrected chi connectivity index (χ0v) is 20.8. The summed E-state index contributed by atoms with van der Waals surface area (Å²) in [5.41, 5.74) is 3.66. The number of thiazole rings is 1. The molecule has 1 aromatic heterocycles. The van der Waals surface area contributed by atoms with Gasteiger partial charge in [-0.1, -0.05) is 41.2 Å². The van der Waals surface area contributed by atoms with Crippen molar-refractivity contribution < 1.29 is 17.9 Å². The molecule has 9 heteroatoms. The molecule has 1 saturated heterocycles. The van der Waals surface area contributed by atoms with Gasteiger partial charge in [-0.25, -0.2) is 13.4 Å². The quantitative estimate of drug-likeness (QED) is 0.509. The molecule has 7 nitrogen and oxygen atoms in total. The molecule has 0 bridgehead atoms. The van der Waals surface area contributed by atoms with Crippen molar-refractivity contribution in [3.05, 3.63) is 53.1 Å². The predicted molar refractivity (Wildman–Crippen MR) is 132 cm³/mol. The van der Waals surface area contributed by atoms with Crippen LogP contribution in [0, 0.1) is 13.8 Å². The molecule has 1 aliphatic rings. The molecule has 0 unspecified atom stereocenters. The topological polar surface area (TPSA) is 79.8 Å². The number of anilines is 1. The highest BCUT2D eigenvalue weighted by molar-refractivity contribution is 7.91. The Bertz CT molecular complexity index is 1260. The third kappa shape index (κ3) is 5.60. The van der Waals surface area contributed by atoms with Gasteiger partial charge in [-0.2, -0.15) is 0 Å². The fraction of sp³-hybridized carbons (Fsp3) is 0.417. The molecule has 1 aliphatic heterocycles. The van der Waals surface area contributed by atoms with Crippen molar-refractivity contribution in [1.82, 2.24) is 9.88 Å². The average Bonchev–Trinajstić information content (AvgIpc) is 3.19. The van der Waals surface area contributed by atoms with E-state index in [0.717, 1.165) is 34.5 Å². The highest BCUT2D eigenvalue weighted by atomic mass is 32.2. The van der Waals surface area contributed by atoms with Gasteiger partial charge >= 0.3 is 0 Å². The number of fused-ring (bicyclic) bond motifs is 1. The van der Waals surface area contributed by atoms with Crippen molar-refractivity contribution in [3.63, 3.8) is 0 Å². The Hall–Kier alpha value is -2.33. The van der Waals surface area contributed by atoms with Crippen molar-refractivity contribution >= 4 is 42.4 Å². The van der Waals surface area contributed by atoms with Crippen LogP contribution in [0.2, 0.25) is 0 Å². The molecule has 0 aliphatic carbocycles. The van der Waals surface area contributed by atoms with E-state index in [1.54, 1.807) is 17.0 Å². The maximum absolute atomic E-state index is 13.5. The van der Waals surface area contributed by atoms with Crippen molar-refractivity contribution in [2.75, 3.05) is 50.5 Å². The average molecular weight is 488 g/mol. The van der Waals surface area contributed by atoms with Gasteiger partial charge in [0.1, 0.15) is 5.52 Å². The summed E-state index contributed by atoms with van der Waals surface area (Å²) in [4.78, 5) is 22.3. The Morgan fingerprint density at radius 1 is 1.18 bits per heavy atom. The number of hydrogen-bond acceptors (Lipinski definition) is 7. The number of para-hydroxylation sites is 1. The van der Waals surface area contributed by atoms with E-state index in [2.05, 4.69) is 16.0 Å². The van der Waals surface area contributed by atoms with E-state index in [0.29, 0.717) is 37.0 Å². The minimum absolute atomic E-state index is 0.0461. The van der Waals surface area contributed by atoms with Gasteiger partial charge in [0.15, 0.2) is 15.0 Å². The third-order valence-corrected chi connectivity index (χ3v) is 8.06. The van der Waals surface area contributed by atoms with Gasteiger partial charge in [-0.15, -0.1) is 0 Å². The van der Waals surface area contributed by atoms with E-state index in [1.165, 1.54) is 17.6 Å². The summed E-state index contributed by atoms with van der Waals surface area (Å²) in [5, 5.41) is 0.532. The molecule has 176 valence electrons. The number of amides is 1. The van der Waals surface area contributed by atoms with Crippen molar-refractivity contribution in [2.45, 2.75) is 25.2 Å². The molecule has 1 fully saturated rings. The smallest absolute Gasteiger partial charge is 0.233 e. The maximum Gasteiger partial charge on any atom is 0.233 e. The number of hydrogen-bond donors (Lipinski definition) is 0. The van der Waals surface area contributed by atoms with Crippen LogP contribution in [0.4, 0.5) is 5.13 Å². The largest absolute Gasteiger partial charge is 0.379 e. The molecule has 0 spiro atoms. The Morgan fingerprint density at radius 2 is 1.94 bits per heavy atom. The minimum atomic E-state index is -3.43. The van der Waals surface area contributed by atoms with Gasteiger partial charge < -0.3 is 4.74 Å². The van der Waals surface area contributed by atoms with E-state index >= 15 is 0 Å². The number of aromatic nitrogens is 1. The van der Waals surface area contributed by atoms with Crippen LogP contribution in [0.15, 0.2) is 41.3 Å². The molecule has 2 aromatic carbocycles. The lowest BCUT2D eigenvalue weighted by molar-refractivity contribution is -0.118. The van der Waals surface area contributed by atoms with Crippen LogP contribution in [-0.4, -0.2) is 69.9 Å². The number of rotatable bonds is 7. The van der Waals surface area contributed by atoms with Crippen LogP contribution in [0.1, 0.15) is 16.7 Å². The second-order valence-electron chi connectivity index (χ2n) is 8.48. The number of benzene rings is 2. The number of nitrogens with zero attached hydrogens (tertiary/aromatic N) is 3. The molecule has 0 saturated carbocycles. The predicted octanol–water partition coefficient (Wildman–Crippen LogP) is 3.22. The number of ether oxygens (including phenoxy) is 1. The summed E-state index contributed by atoms with van der Waals surface area (Å²) in [6.07, 6.45) is 1.45. The molecule has 0 N–H and O–H groups in total. The number of morpholine rings is 1. The molecule has 1 amide bonds. The second kappa shape index (κ2) is 9.89. The monoisotopic (exact) mass is 487 g/mol. The summed E-state index contributed by atoms with van der Waals surface area (Å²) >= 11 is 1.35. The summed E-state index contributed by atoms with van der Waals surface area (Å²) in [6.45, 7) is 8.28. The van der Waals surface area contributed by atoms with E-state index in [4.69, 9.17) is 4.74 Å². The normalized spacial score (nSPS) is 15.1. The molecule has 2 heterocycles. The van der Waals surface area contributed by atoms with Gasteiger partial charge in [0.05, 0.1) is 29.2 Å². The highest BCUT2D eigenvalue weighted by Crippen LogP contribution is 2.33. The van der Waals surface area contributed by atoms with Crippen LogP contribution >= 0.6 is 11.3 Å². The lowest BCUT2D eigenvalue weighted by Gasteiger charge is -2.29.